The minimum Gasteiger partial charge on any atom is -0.494 e. The summed E-state index contributed by atoms with van der Waals surface area (Å²) in [4.78, 5) is 7.81. The summed E-state index contributed by atoms with van der Waals surface area (Å²) >= 11 is 0. The fraction of sp³-hybridized carbons (Fsp3) is 0.417. The molecule has 1 aromatic heterocycles. The average Bonchev–Trinajstić information content (AvgIpc) is 3.00. The number of H-pyrrole nitrogens is 1. The van der Waals surface area contributed by atoms with Crippen molar-refractivity contribution in [2.45, 2.75) is 13.2 Å². The lowest BCUT2D eigenvalue weighted by atomic mass is 10.2. The van der Waals surface area contributed by atoms with Gasteiger partial charge in [0.2, 0.25) is 5.95 Å². The molecule has 0 bridgehead atoms. The molecule has 2 aromatic rings. The van der Waals surface area contributed by atoms with Gasteiger partial charge in [-0.05, 0) is 18.6 Å². The van der Waals surface area contributed by atoms with E-state index in [1.807, 2.05) is 19.1 Å². The van der Waals surface area contributed by atoms with Crippen molar-refractivity contribution in [1.82, 2.24) is 20.6 Å². The van der Waals surface area contributed by atoms with Gasteiger partial charge in [-0.15, -0.1) is 0 Å². The largest absolute Gasteiger partial charge is 0.494 e. The summed E-state index contributed by atoms with van der Waals surface area (Å²) in [6.45, 7) is 3.96. The Morgan fingerprint density at radius 1 is 1.33 bits per heavy atom. The standard InChI is InChI=1S/C12H17N5O/c1-7-3-4-8(18-2)10-9(7)15-12(16-10)17-11-13-5-6-14-11/h3-4,11,13-14H,5-6H2,1-2H3,(H2,15,16,17). The third-order valence-corrected chi connectivity index (χ3v) is 3.13. The van der Waals surface area contributed by atoms with Crippen LogP contribution in [-0.4, -0.2) is 36.5 Å². The van der Waals surface area contributed by atoms with Crippen LogP contribution in [0.3, 0.4) is 0 Å². The van der Waals surface area contributed by atoms with Crippen LogP contribution >= 0.6 is 0 Å². The molecule has 1 fully saturated rings. The molecular formula is C12H17N5O. The number of hydrogen-bond acceptors (Lipinski definition) is 5. The van der Waals surface area contributed by atoms with Crippen molar-refractivity contribution in [3.63, 3.8) is 0 Å². The number of fused-ring (bicyclic) bond motifs is 1. The number of nitrogens with one attached hydrogen (secondary N) is 4. The summed E-state index contributed by atoms with van der Waals surface area (Å²) in [6.07, 6.45) is 0.0665. The van der Waals surface area contributed by atoms with Gasteiger partial charge in [0.25, 0.3) is 0 Å². The van der Waals surface area contributed by atoms with E-state index >= 15 is 0 Å². The van der Waals surface area contributed by atoms with E-state index in [1.54, 1.807) is 7.11 Å². The molecule has 18 heavy (non-hydrogen) atoms. The van der Waals surface area contributed by atoms with Gasteiger partial charge in [0.1, 0.15) is 17.6 Å². The summed E-state index contributed by atoms with van der Waals surface area (Å²) in [6, 6.07) is 3.96. The lowest BCUT2D eigenvalue weighted by Gasteiger charge is -2.11. The van der Waals surface area contributed by atoms with E-state index < -0.39 is 0 Å². The molecule has 0 amide bonds. The van der Waals surface area contributed by atoms with Crippen LogP contribution in [0.4, 0.5) is 5.95 Å². The van der Waals surface area contributed by atoms with E-state index in [0.717, 1.165) is 41.4 Å². The second kappa shape index (κ2) is 4.47. The predicted octanol–water partition coefficient (Wildman–Crippen LogP) is 0.768. The molecular weight excluding hydrogens is 230 g/mol. The maximum atomic E-state index is 5.34. The fourth-order valence-electron chi connectivity index (χ4n) is 2.18. The first-order chi connectivity index (χ1) is 8.78. The first-order valence-corrected chi connectivity index (χ1v) is 6.04. The maximum absolute atomic E-state index is 5.34. The highest BCUT2D eigenvalue weighted by atomic mass is 16.5. The number of imidazole rings is 1. The number of methoxy groups -OCH3 is 1. The minimum absolute atomic E-state index is 0.0665. The quantitative estimate of drug-likeness (QED) is 0.644. The minimum atomic E-state index is 0.0665. The van der Waals surface area contributed by atoms with Gasteiger partial charge >= 0.3 is 0 Å². The van der Waals surface area contributed by atoms with Crippen LogP contribution in [0.15, 0.2) is 12.1 Å². The highest BCUT2D eigenvalue weighted by Gasteiger charge is 2.15. The highest BCUT2D eigenvalue weighted by molar-refractivity contribution is 5.86. The third kappa shape index (κ3) is 1.89. The molecule has 0 radical (unpaired) electrons. The zero-order valence-electron chi connectivity index (χ0n) is 10.5. The van der Waals surface area contributed by atoms with Gasteiger partial charge in [0.15, 0.2) is 0 Å². The van der Waals surface area contributed by atoms with Gasteiger partial charge in [-0.3, -0.25) is 10.6 Å². The number of hydrogen-bond donors (Lipinski definition) is 4. The first-order valence-electron chi connectivity index (χ1n) is 6.04. The number of aromatic nitrogens is 2. The van der Waals surface area contributed by atoms with Crippen LogP contribution in [0.25, 0.3) is 11.0 Å². The number of benzene rings is 1. The lowest BCUT2D eigenvalue weighted by molar-refractivity contribution is 0.419. The molecule has 0 spiro atoms. The summed E-state index contributed by atoms with van der Waals surface area (Å²) in [5.41, 5.74) is 3.00. The normalized spacial score (nSPS) is 16.3. The Balaban J connectivity index is 1.96. The van der Waals surface area contributed by atoms with Crippen molar-refractivity contribution in [2.24, 2.45) is 0 Å². The molecule has 3 rings (SSSR count). The van der Waals surface area contributed by atoms with Crippen LogP contribution < -0.4 is 20.7 Å². The van der Waals surface area contributed by atoms with Crippen molar-refractivity contribution < 1.29 is 4.74 Å². The summed E-state index contributed by atoms with van der Waals surface area (Å²) < 4.78 is 5.34. The Hall–Kier alpha value is -1.79. The molecule has 6 nitrogen and oxygen atoms in total. The zero-order valence-corrected chi connectivity index (χ0v) is 10.5. The monoisotopic (exact) mass is 247 g/mol. The predicted molar refractivity (Wildman–Crippen MR) is 70.8 cm³/mol. The molecule has 0 atom stereocenters. The van der Waals surface area contributed by atoms with E-state index in [9.17, 15) is 0 Å². The molecule has 4 N–H and O–H groups in total. The van der Waals surface area contributed by atoms with Crippen LogP contribution in [0.1, 0.15) is 5.56 Å². The molecule has 0 aliphatic carbocycles. The van der Waals surface area contributed by atoms with Gasteiger partial charge in [-0.25, -0.2) is 4.98 Å². The topological polar surface area (TPSA) is 74.0 Å². The zero-order chi connectivity index (χ0) is 12.5. The Morgan fingerprint density at radius 3 is 2.83 bits per heavy atom. The van der Waals surface area contributed by atoms with Crippen molar-refractivity contribution in [3.8, 4) is 5.75 Å². The lowest BCUT2D eigenvalue weighted by Crippen LogP contribution is -2.39. The van der Waals surface area contributed by atoms with E-state index in [2.05, 4.69) is 25.9 Å². The van der Waals surface area contributed by atoms with Crippen LogP contribution in [0, 0.1) is 6.92 Å². The van der Waals surface area contributed by atoms with Gasteiger partial charge in [-0.2, -0.15) is 0 Å². The SMILES string of the molecule is COc1ccc(C)c2nc(NC3NCCN3)[nH]c12. The maximum Gasteiger partial charge on any atom is 0.203 e. The van der Waals surface area contributed by atoms with Gasteiger partial charge < -0.3 is 15.0 Å². The first kappa shape index (κ1) is 11.3. The molecule has 0 saturated carbocycles. The van der Waals surface area contributed by atoms with Crippen molar-refractivity contribution in [2.75, 3.05) is 25.5 Å². The van der Waals surface area contributed by atoms with Crippen molar-refractivity contribution in [1.29, 1.82) is 0 Å². The number of anilines is 1. The molecule has 96 valence electrons. The molecule has 1 saturated heterocycles. The molecule has 6 heteroatoms. The van der Waals surface area contributed by atoms with Crippen molar-refractivity contribution >= 4 is 17.0 Å². The third-order valence-electron chi connectivity index (χ3n) is 3.13. The Kier molecular flexibility index (Phi) is 2.81. The average molecular weight is 247 g/mol. The molecule has 1 aliphatic heterocycles. The second-order valence-corrected chi connectivity index (χ2v) is 4.38. The van der Waals surface area contributed by atoms with E-state index in [-0.39, 0.29) is 6.29 Å². The smallest absolute Gasteiger partial charge is 0.203 e. The Bertz CT molecular complexity index is 559. The highest BCUT2D eigenvalue weighted by Crippen LogP contribution is 2.27. The molecule has 1 aliphatic rings. The van der Waals surface area contributed by atoms with Crippen LogP contribution in [0.5, 0.6) is 5.75 Å². The molecule has 2 heterocycles. The van der Waals surface area contributed by atoms with Gasteiger partial charge in [-0.1, -0.05) is 6.07 Å². The molecule has 1 aromatic carbocycles. The van der Waals surface area contributed by atoms with Gasteiger partial charge in [0.05, 0.1) is 12.6 Å². The number of nitrogens with zero attached hydrogens (tertiary/aromatic N) is 1. The van der Waals surface area contributed by atoms with Crippen LogP contribution in [-0.2, 0) is 0 Å². The van der Waals surface area contributed by atoms with E-state index in [1.165, 1.54) is 0 Å². The summed E-state index contributed by atoms with van der Waals surface area (Å²) in [5, 5.41) is 9.82. The fourth-order valence-corrected chi connectivity index (χ4v) is 2.18. The summed E-state index contributed by atoms with van der Waals surface area (Å²) in [5.74, 6) is 1.55. The summed E-state index contributed by atoms with van der Waals surface area (Å²) in [7, 11) is 1.66. The van der Waals surface area contributed by atoms with E-state index in [4.69, 9.17) is 4.74 Å². The van der Waals surface area contributed by atoms with Crippen molar-refractivity contribution in [3.05, 3.63) is 17.7 Å². The number of ether oxygens (including phenoxy) is 1. The number of aryl methyl sites for hydroxylation is 1. The molecule has 0 unspecified atom stereocenters. The number of rotatable bonds is 3. The Labute approximate surface area is 105 Å². The van der Waals surface area contributed by atoms with E-state index in [0.29, 0.717) is 0 Å². The van der Waals surface area contributed by atoms with Crippen LogP contribution in [0.2, 0.25) is 0 Å². The second-order valence-electron chi connectivity index (χ2n) is 4.38. The Morgan fingerprint density at radius 2 is 2.11 bits per heavy atom. The van der Waals surface area contributed by atoms with Gasteiger partial charge in [0, 0.05) is 13.1 Å². The number of aromatic amines is 1.